The molecule has 0 aliphatic carbocycles. The number of nitrogens with two attached hydrogens (primary N) is 1. The van der Waals surface area contributed by atoms with Crippen molar-refractivity contribution in [2.45, 2.75) is 31.8 Å². The summed E-state index contributed by atoms with van der Waals surface area (Å²) in [4.78, 5) is 15.1. The molecule has 0 bridgehead atoms. The summed E-state index contributed by atoms with van der Waals surface area (Å²) < 4.78 is 0. The van der Waals surface area contributed by atoms with Crippen LogP contribution in [0.25, 0.3) is 10.9 Å². The van der Waals surface area contributed by atoms with Crippen molar-refractivity contribution in [2.24, 2.45) is 5.73 Å². The number of carbonyl (C=O) groups excluding carboxylic acids is 1. The summed E-state index contributed by atoms with van der Waals surface area (Å²) in [6, 6.07) is 7.08. The van der Waals surface area contributed by atoms with Crippen molar-refractivity contribution < 1.29 is 9.90 Å². The van der Waals surface area contributed by atoms with E-state index in [0.717, 1.165) is 16.5 Å². The van der Waals surface area contributed by atoms with E-state index in [1.54, 1.807) is 0 Å². The maximum atomic E-state index is 12.0. The van der Waals surface area contributed by atoms with Crippen LogP contribution in [0.3, 0.4) is 0 Å². The lowest BCUT2D eigenvalue weighted by atomic mass is 10.0. The van der Waals surface area contributed by atoms with Crippen LogP contribution < -0.4 is 11.1 Å². The van der Waals surface area contributed by atoms with E-state index in [4.69, 9.17) is 10.8 Å². The maximum Gasteiger partial charge on any atom is 0.237 e. The summed E-state index contributed by atoms with van der Waals surface area (Å²) in [6.07, 6.45) is 3.04. The zero-order valence-corrected chi connectivity index (χ0v) is 11.6. The number of fused-ring (bicyclic) bond motifs is 1. The first kappa shape index (κ1) is 14.6. The molecule has 0 fully saturated rings. The van der Waals surface area contributed by atoms with Gasteiger partial charge in [0.25, 0.3) is 0 Å². The van der Waals surface area contributed by atoms with Gasteiger partial charge in [0.2, 0.25) is 5.91 Å². The SMILES string of the molecule is CC[C@H](CO)NC(=O)[C@@H](N)Cc1c[nH]c2ccccc12. The highest BCUT2D eigenvalue weighted by atomic mass is 16.3. The second-order valence-corrected chi connectivity index (χ2v) is 4.97. The Bertz CT molecular complexity index is 575. The number of H-pyrrole nitrogens is 1. The molecule has 1 heterocycles. The largest absolute Gasteiger partial charge is 0.394 e. The Hall–Kier alpha value is -1.85. The molecule has 0 radical (unpaired) electrons. The summed E-state index contributed by atoms with van der Waals surface area (Å²) in [5.74, 6) is -0.226. The van der Waals surface area contributed by atoms with E-state index in [1.165, 1.54) is 0 Å². The van der Waals surface area contributed by atoms with Gasteiger partial charge in [0.15, 0.2) is 0 Å². The van der Waals surface area contributed by atoms with Crippen molar-refractivity contribution in [1.29, 1.82) is 0 Å². The lowest BCUT2D eigenvalue weighted by Gasteiger charge is -2.17. The molecule has 0 spiro atoms. The van der Waals surface area contributed by atoms with E-state index in [2.05, 4.69) is 10.3 Å². The lowest BCUT2D eigenvalue weighted by molar-refractivity contribution is -0.123. The van der Waals surface area contributed by atoms with E-state index in [0.29, 0.717) is 12.8 Å². The van der Waals surface area contributed by atoms with Crippen LogP contribution in [0, 0.1) is 0 Å². The Morgan fingerprint density at radius 1 is 1.45 bits per heavy atom. The minimum atomic E-state index is -0.616. The zero-order chi connectivity index (χ0) is 14.5. The fraction of sp³-hybridized carbons (Fsp3) is 0.400. The number of nitrogens with one attached hydrogen (secondary N) is 2. The first-order valence-corrected chi connectivity index (χ1v) is 6.87. The van der Waals surface area contributed by atoms with Crippen molar-refractivity contribution in [3.05, 3.63) is 36.0 Å². The third kappa shape index (κ3) is 3.18. The van der Waals surface area contributed by atoms with E-state index in [-0.39, 0.29) is 18.6 Å². The van der Waals surface area contributed by atoms with Crippen LogP contribution in [0.1, 0.15) is 18.9 Å². The Kier molecular flexibility index (Phi) is 4.76. The predicted molar refractivity (Wildman–Crippen MR) is 79.3 cm³/mol. The van der Waals surface area contributed by atoms with Gasteiger partial charge in [-0.05, 0) is 24.5 Å². The Labute approximate surface area is 118 Å². The van der Waals surface area contributed by atoms with Crippen LogP contribution in [0.15, 0.2) is 30.5 Å². The normalized spacial score (nSPS) is 14.2. The van der Waals surface area contributed by atoms with Crippen LogP contribution in [0.4, 0.5) is 0 Å². The number of para-hydroxylation sites is 1. The highest BCUT2D eigenvalue weighted by Crippen LogP contribution is 2.18. The van der Waals surface area contributed by atoms with Crippen LogP contribution in [-0.2, 0) is 11.2 Å². The molecule has 0 aliphatic heterocycles. The smallest absolute Gasteiger partial charge is 0.237 e. The van der Waals surface area contributed by atoms with Crippen LogP contribution >= 0.6 is 0 Å². The topological polar surface area (TPSA) is 91.1 Å². The molecule has 20 heavy (non-hydrogen) atoms. The van der Waals surface area contributed by atoms with Gasteiger partial charge >= 0.3 is 0 Å². The van der Waals surface area contributed by atoms with Gasteiger partial charge in [-0.25, -0.2) is 0 Å². The number of amides is 1. The molecule has 5 N–H and O–H groups in total. The van der Waals surface area contributed by atoms with Crippen molar-refractivity contribution in [2.75, 3.05) is 6.61 Å². The molecule has 108 valence electrons. The monoisotopic (exact) mass is 275 g/mol. The highest BCUT2D eigenvalue weighted by molar-refractivity contribution is 5.86. The second-order valence-electron chi connectivity index (χ2n) is 4.97. The fourth-order valence-electron chi connectivity index (χ4n) is 2.22. The molecule has 0 unspecified atom stereocenters. The molecular weight excluding hydrogens is 254 g/mol. The van der Waals surface area contributed by atoms with Gasteiger partial charge in [-0.2, -0.15) is 0 Å². The number of hydrogen-bond acceptors (Lipinski definition) is 3. The molecule has 2 aromatic rings. The van der Waals surface area contributed by atoms with Crippen molar-refractivity contribution in [1.82, 2.24) is 10.3 Å². The van der Waals surface area contributed by atoms with Crippen LogP contribution in [0.5, 0.6) is 0 Å². The van der Waals surface area contributed by atoms with Crippen molar-refractivity contribution in [3.63, 3.8) is 0 Å². The molecule has 5 nitrogen and oxygen atoms in total. The molecular formula is C15H21N3O2. The number of aromatic amines is 1. The number of hydrogen-bond donors (Lipinski definition) is 4. The highest BCUT2D eigenvalue weighted by Gasteiger charge is 2.18. The van der Waals surface area contributed by atoms with Gasteiger partial charge in [-0.1, -0.05) is 25.1 Å². The van der Waals surface area contributed by atoms with Crippen molar-refractivity contribution >= 4 is 16.8 Å². The Balaban J connectivity index is 2.04. The summed E-state index contributed by atoms with van der Waals surface area (Å²) >= 11 is 0. The minimum Gasteiger partial charge on any atom is -0.394 e. The van der Waals surface area contributed by atoms with Crippen molar-refractivity contribution in [3.8, 4) is 0 Å². The van der Waals surface area contributed by atoms with Gasteiger partial charge in [0.05, 0.1) is 18.7 Å². The average Bonchev–Trinajstić information content (AvgIpc) is 2.87. The van der Waals surface area contributed by atoms with Gasteiger partial charge in [-0.3, -0.25) is 4.79 Å². The van der Waals surface area contributed by atoms with E-state index >= 15 is 0 Å². The molecule has 0 saturated carbocycles. The fourth-order valence-corrected chi connectivity index (χ4v) is 2.22. The zero-order valence-electron chi connectivity index (χ0n) is 11.6. The third-order valence-electron chi connectivity index (χ3n) is 3.51. The van der Waals surface area contributed by atoms with E-state index in [1.807, 2.05) is 37.4 Å². The lowest BCUT2D eigenvalue weighted by Crippen LogP contribution is -2.47. The number of benzene rings is 1. The van der Waals surface area contributed by atoms with Gasteiger partial charge in [0.1, 0.15) is 0 Å². The Morgan fingerprint density at radius 2 is 2.20 bits per heavy atom. The van der Waals surface area contributed by atoms with Gasteiger partial charge in [-0.15, -0.1) is 0 Å². The summed E-state index contributed by atoms with van der Waals surface area (Å²) in [5, 5.41) is 12.9. The number of aromatic nitrogens is 1. The Morgan fingerprint density at radius 3 is 2.90 bits per heavy atom. The molecule has 1 aromatic carbocycles. The molecule has 5 heteroatoms. The van der Waals surface area contributed by atoms with Crippen LogP contribution in [0.2, 0.25) is 0 Å². The maximum absolute atomic E-state index is 12.0. The van der Waals surface area contributed by atoms with E-state index in [9.17, 15) is 4.79 Å². The summed E-state index contributed by atoms with van der Waals surface area (Å²) in [5.41, 5.74) is 8.02. The number of aliphatic hydroxyl groups excluding tert-OH is 1. The molecule has 2 rings (SSSR count). The standard InChI is InChI=1S/C15H21N3O2/c1-2-11(9-19)18-15(20)13(16)7-10-8-17-14-6-4-3-5-12(10)14/h3-6,8,11,13,17,19H,2,7,9,16H2,1H3,(H,18,20)/t11-,13+/m1/s1. The molecule has 1 amide bonds. The predicted octanol–water partition coefficient (Wildman–Crippen LogP) is 0.925. The van der Waals surface area contributed by atoms with Gasteiger partial charge in [0, 0.05) is 17.1 Å². The second kappa shape index (κ2) is 6.54. The quantitative estimate of drug-likeness (QED) is 0.632. The molecule has 0 saturated heterocycles. The number of rotatable bonds is 6. The first-order valence-electron chi connectivity index (χ1n) is 6.87. The van der Waals surface area contributed by atoms with Crippen LogP contribution in [-0.4, -0.2) is 34.7 Å². The third-order valence-corrected chi connectivity index (χ3v) is 3.51. The number of carbonyl (C=O) groups is 1. The van der Waals surface area contributed by atoms with E-state index < -0.39 is 6.04 Å². The summed E-state index contributed by atoms with van der Waals surface area (Å²) in [7, 11) is 0. The van der Waals surface area contributed by atoms with Gasteiger partial charge < -0.3 is 21.1 Å². The first-order chi connectivity index (χ1) is 9.65. The number of aliphatic hydroxyl groups is 1. The molecule has 2 atom stereocenters. The summed E-state index contributed by atoms with van der Waals surface area (Å²) in [6.45, 7) is 1.84. The average molecular weight is 275 g/mol. The molecule has 1 aromatic heterocycles. The molecule has 0 aliphatic rings. The minimum absolute atomic E-state index is 0.0674.